The van der Waals surface area contributed by atoms with Crippen molar-refractivity contribution in [1.29, 1.82) is 0 Å². The predicted molar refractivity (Wildman–Crippen MR) is 44.7 cm³/mol. The van der Waals surface area contributed by atoms with Crippen LogP contribution in [-0.4, -0.2) is 6.10 Å². The molecule has 0 aliphatic carbocycles. The summed E-state index contributed by atoms with van der Waals surface area (Å²) in [5, 5.41) is 0. The Labute approximate surface area is 62.7 Å². The maximum atomic E-state index is 5.03. The zero-order chi connectivity index (χ0) is 7.82. The molecule has 1 heteroatoms. The molecule has 0 saturated carbocycles. The third-order valence-electron chi connectivity index (χ3n) is 0.997. The van der Waals surface area contributed by atoms with Crippen molar-refractivity contribution < 1.29 is 4.74 Å². The SMILES string of the molecule is C=COC(C)C=CC=CC. The smallest absolute Gasteiger partial charge is 0.113 e. The number of hydrogen-bond acceptors (Lipinski definition) is 1. The first-order valence-corrected chi connectivity index (χ1v) is 3.37. The van der Waals surface area contributed by atoms with Gasteiger partial charge in [0.15, 0.2) is 0 Å². The molecule has 0 saturated heterocycles. The Bertz CT molecular complexity index is 134. The van der Waals surface area contributed by atoms with Gasteiger partial charge in [-0.1, -0.05) is 24.8 Å². The van der Waals surface area contributed by atoms with Crippen molar-refractivity contribution in [3.05, 3.63) is 37.1 Å². The lowest BCUT2D eigenvalue weighted by molar-refractivity contribution is 0.205. The molecule has 0 aliphatic heterocycles. The fraction of sp³-hybridized carbons (Fsp3) is 0.333. The molecule has 0 rings (SSSR count). The molecule has 0 radical (unpaired) electrons. The van der Waals surface area contributed by atoms with Crippen LogP contribution in [0, 0.1) is 0 Å². The van der Waals surface area contributed by atoms with Gasteiger partial charge in [-0.05, 0) is 19.9 Å². The minimum atomic E-state index is 0.119. The molecule has 0 aliphatic rings. The van der Waals surface area contributed by atoms with Gasteiger partial charge in [-0.2, -0.15) is 0 Å². The van der Waals surface area contributed by atoms with Crippen molar-refractivity contribution in [2.45, 2.75) is 20.0 Å². The van der Waals surface area contributed by atoms with Crippen LogP contribution in [0.1, 0.15) is 13.8 Å². The van der Waals surface area contributed by atoms with Gasteiger partial charge < -0.3 is 4.74 Å². The monoisotopic (exact) mass is 138 g/mol. The highest BCUT2D eigenvalue weighted by Gasteiger charge is 1.88. The number of rotatable bonds is 4. The van der Waals surface area contributed by atoms with Crippen LogP contribution in [0.5, 0.6) is 0 Å². The molecule has 0 bridgehead atoms. The Kier molecular flexibility index (Phi) is 5.54. The van der Waals surface area contributed by atoms with E-state index in [4.69, 9.17) is 4.74 Å². The summed E-state index contributed by atoms with van der Waals surface area (Å²) in [4.78, 5) is 0. The second kappa shape index (κ2) is 6.14. The molecule has 0 N–H and O–H groups in total. The van der Waals surface area contributed by atoms with Gasteiger partial charge in [-0.15, -0.1) is 0 Å². The lowest BCUT2D eigenvalue weighted by atomic mass is 10.3. The van der Waals surface area contributed by atoms with Crippen LogP contribution in [0.25, 0.3) is 0 Å². The molecular formula is C9H14O. The number of ether oxygens (including phenoxy) is 1. The van der Waals surface area contributed by atoms with E-state index in [-0.39, 0.29) is 6.10 Å². The third-order valence-corrected chi connectivity index (χ3v) is 0.997. The first-order chi connectivity index (χ1) is 4.81. The maximum absolute atomic E-state index is 5.03. The second-order valence-corrected chi connectivity index (χ2v) is 1.92. The molecule has 0 aromatic rings. The quantitative estimate of drug-likeness (QED) is 0.428. The van der Waals surface area contributed by atoms with E-state index in [1.807, 2.05) is 38.2 Å². The molecule has 0 amide bonds. The van der Waals surface area contributed by atoms with Gasteiger partial charge in [0.25, 0.3) is 0 Å². The Morgan fingerprint density at radius 1 is 1.40 bits per heavy atom. The van der Waals surface area contributed by atoms with Gasteiger partial charge in [-0.3, -0.25) is 0 Å². The number of allylic oxidation sites excluding steroid dienone is 3. The molecule has 0 heterocycles. The van der Waals surface area contributed by atoms with E-state index in [9.17, 15) is 0 Å². The molecule has 1 nitrogen and oxygen atoms in total. The van der Waals surface area contributed by atoms with Gasteiger partial charge >= 0.3 is 0 Å². The van der Waals surface area contributed by atoms with Crippen molar-refractivity contribution in [3.63, 3.8) is 0 Å². The highest BCUT2D eigenvalue weighted by Crippen LogP contribution is 1.92. The fourth-order valence-electron chi connectivity index (χ4n) is 0.529. The van der Waals surface area contributed by atoms with Gasteiger partial charge in [0, 0.05) is 0 Å². The largest absolute Gasteiger partial charge is 0.495 e. The zero-order valence-corrected chi connectivity index (χ0v) is 6.58. The Balaban J connectivity index is 3.54. The Morgan fingerprint density at radius 3 is 2.60 bits per heavy atom. The van der Waals surface area contributed by atoms with Crippen molar-refractivity contribution in [3.8, 4) is 0 Å². The normalized spacial score (nSPS) is 14.2. The van der Waals surface area contributed by atoms with Crippen LogP contribution in [0.4, 0.5) is 0 Å². The topological polar surface area (TPSA) is 9.23 Å². The van der Waals surface area contributed by atoms with Gasteiger partial charge in [-0.25, -0.2) is 0 Å². The van der Waals surface area contributed by atoms with Gasteiger partial charge in [0.1, 0.15) is 6.10 Å². The second-order valence-electron chi connectivity index (χ2n) is 1.92. The highest BCUT2D eigenvalue weighted by molar-refractivity contribution is 5.03. The maximum Gasteiger partial charge on any atom is 0.113 e. The van der Waals surface area contributed by atoms with Gasteiger partial charge in [0.05, 0.1) is 6.26 Å². The Morgan fingerprint density at radius 2 is 2.10 bits per heavy atom. The zero-order valence-electron chi connectivity index (χ0n) is 6.58. The molecule has 0 aromatic heterocycles. The molecule has 1 atom stereocenters. The molecule has 0 aromatic carbocycles. The summed E-state index contributed by atoms with van der Waals surface area (Å²) in [6, 6.07) is 0. The minimum absolute atomic E-state index is 0.119. The average molecular weight is 138 g/mol. The fourth-order valence-corrected chi connectivity index (χ4v) is 0.529. The van der Waals surface area contributed by atoms with E-state index in [0.717, 1.165) is 0 Å². The standard InChI is InChI=1S/C9H14O/c1-4-6-7-8-9(3)10-5-2/h4-9H,2H2,1,3H3. The van der Waals surface area contributed by atoms with Crippen LogP contribution in [0.3, 0.4) is 0 Å². The minimum Gasteiger partial charge on any atom is -0.495 e. The van der Waals surface area contributed by atoms with Crippen molar-refractivity contribution in [2.24, 2.45) is 0 Å². The summed E-state index contributed by atoms with van der Waals surface area (Å²) in [6.07, 6.45) is 9.41. The average Bonchev–Trinajstić information content (AvgIpc) is 1.89. The van der Waals surface area contributed by atoms with E-state index >= 15 is 0 Å². The molecule has 56 valence electrons. The summed E-state index contributed by atoms with van der Waals surface area (Å²) in [6.45, 7) is 7.39. The summed E-state index contributed by atoms with van der Waals surface area (Å²) in [7, 11) is 0. The predicted octanol–water partition coefficient (Wildman–Crippen LogP) is 2.67. The molecule has 10 heavy (non-hydrogen) atoms. The first kappa shape index (κ1) is 9.02. The summed E-state index contributed by atoms with van der Waals surface area (Å²) < 4.78 is 5.03. The van der Waals surface area contributed by atoms with E-state index in [1.165, 1.54) is 6.26 Å². The van der Waals surface area contributed by atoms with Crippen LogP contribution < -0.4 is 0 Å². The van der Waals surface area contributed by atoms with E-state index in [0.29, 0.717) is 0 Å². The number of hydrogen-bond donors (Lipinski definition) is 0. The lowest BCUT2D eigenvalue weighted by Gasteiger charge is -2.02. The third kappa shape index (κ3) is 5.16. The van der Waals surface area contributed by atoms with Crippen LogP contribution in [-0.2, 0) is 4.74 Å². The highest BCUT2D eigenvalue weighted by atomic mass is 16.5. The van der Waals surface area contributed by atoms with E-state index < -0.39 is 0 Å². The van der Waals surface area contributed by atoms with Crippen LogP contribution in [0.15, 0.2) is 37.1 Å². The van der Waals surface area contributed by atoms with E-state index in [2.05, 4.69) is 6.58 Å². The lowest BCUT2D eigenvalue weighted by Crippen LogP contribution is -1.96. The van der Waals surface area contributed by atoms with Crippen molar-refractivity contribution in [2.75, 3.05) is 0 Å². The van der Waals surface area contributed by atoms with Crippen molar-refractivity contribution in [1.82, 2.24) is 0 Å². The summed E-state index contributed by atoms with van der Waals surface area (Å²) in [5.41, 5.74) is 0. The first-order valence-electron chi connectivity index (χ1n) is 3.37. The van der Waals surface area contributed by atoms with Crippen LogP contribution >= 0.6 is 0 Å². The summed E-state index contributed by atoms with van der Waals surface area (Å²) in [5.74, 6) is 0. The Hall–Kier alpha value is -0.980. The van der Waals surface area contributed by atoms with Crippen LogP contribution in [0.2, 0.25) is 0 Å². The molecule has 0 spiro atoms. The molecular weight excluding hydrogens is 124 g/mol. The van der Waals surface area contributed by atoms with Crippen molar-refractivity contribution >= 4 is 0 Å². The molecule has 0 fully saturated rings. The summed E-state index contributed by atoms with van der Waals surface area (Å²) >= 11 is 0. The van der Waals surface area contributed by atoms with E-state index in [1.54, 1.807) is 0 Å². The van der Waals surface area contributed by atoms with Gasteiger partial charge in [0.2, 0.25) is 0 Å². The molecule has 1 unspecified atom stereocenters.